The van der Waals surface area contributed by atoms with Crippen LogP contribution in [0, 0.1) is 10.8 Å². The fraction of sp³-hybridized carbons (Fsp3) is 0.516. The Hall–Kier alpha value is -0.900. The molecule has 0 atom stereocenters. The maximum absolute atomic E-state index is 3.77. The standard InChI is InChI=1S/C31H44BrS2/c1-28(2,3)24-17-21(18-25(33-24)29(4,5)6)13-15-23(32)16-14-22-19-26(30(7,8)9)34-27(20-22)31(10,11)12/h13-20H,1-12H3/q+1. The molecule has 1 aliphatic heterocycles. The van der Waals surface area contributed by atoms with E-state index in [2.05, 4.69) is 148 Å². The third-order valence-electron chi connectivity index (χ3n) is 5.46. The molecular formula is C31H44BrS2+. The third-order valence-corrected chi connectivity index (χ3v) is 9.79. The molecule has 1 aliphatic rings. The van der Waals surface area contributed by atoms with E-state index >= 15 is 0 Å². The van der Waals surface area contributed by atoms with E-state index < -0.39 is 0 Å². The lowest BCUT2D eigenvalue weighted by Crippen LogP contribution is -2.14. The molecule has 1 aromatic heterocycles. The first-order valence-electron chi connectivity index (χ1n) is 12.1. The van der Waals surface area contributed by atoms with Gasteiger partial charge in [0.05, 0.1) is 0 Å². The predicted molar refractivity (Wildman–Crippen MR) is 163 cm³/mol. The minimum Gasteiger partial charge on any atom is -0.0978 e. The van der Waals surface area contributed by atoms with Crippen LogP contribution in [0.4, 0.5) is 0 Å². The molecule has 3 heteroatoms. The second-order valence-electron chi connectivity index (χ2n) is 13.3. The Morgan fingerprint density at radius 3 is 1.56 bits per heavy atom. The highest BCUT2D eigenvalue weighted by Gasteiger charge is 2.31. The summed E-state index contributed by atoms with van der Waals surface area (Å²) >= 11 is 7.64. The molecule has 0 N–H and O–H groups in total. The second-order valence-corrected chi connectivity index (χ2v) is 16.4. The van der Waals surface area contributed by atoms with E-state index in [-0.39, 0.29) is 21.7 Å². The molecule has 186 valence electrons. The Morgan fingerprint density at radius 2 is 1.18 bits per heavy atom. The van der Waals surface area contributed by atoms with Crippen molar-refractivity contribution >= 4 is 45.1 Å². The smallest absolute Gasteiger partial charge is 0.0978 e. The van der Waals surface area contributed by atoms with Crippen molar-refractivity contribution in [2.24, 2.45) is 10.8 Å². The summed E-state index contributed by atoms with van der Waals surface area (Å²) in [5.41, 5.74) is 3.06. The van der Waals surface area contributed by atoms with E-state index in [1.165, 1.54) is 30.7 Å². The van der Waals surface area contributed by atoms with Gasteiger partial charge in [0.1, 0.15) is 0 Å². The maximum atomic E-state index is 3.77. The fourth-order valence-electron chi connectivity index (χ4n) is 3.12. The van der Waals surface area contributed by atoms with E-state index in [4.69, 9.17) is 0 Å². The van der Waals surface area contributed by atoms with Crippen molar-refractivity contribution in [3.05, 3.63) is 77.7 Å². The fourth-order valence-corrected chi connectivity index (χ4v) is 5.86. The Bertz CT molecular complexity index is 986. The second kappa shape index (κ2) is 10.6. The number of hydrogen-bond acceptors (Lipinski definition) is 1. The van der Waals surface area contributed by atoms with Gasteiger partial charge < -0.3 is 0 Å². The molecule has 0 amide bonds. The molecule has 0 nitrogen and oxygen atoms in total. The van der Waals surface area contributed by atoms with Gasteiger partial charge in [0, 0.05) is 27.4 Å². The molecule has 0 spiro atoms. The zero-order chi connectivity index (χ0) is 26.1. The molecule has 0 aromatic carbocycles. The molecule has 0 aliphatic carbocycles. The average Bonchev–Trinajstić information content (AvgIpc) is 2.67. The molecule has 0 unspecified atom stereocenters. The summed E-state index contributed by atoms with van der Waals surface area (Å²) in [6.07, 6.45) is 13.4. The highest BCUT2D eigenvalue weighted by atomic mass is 79.9. The normalized spacial score (nSPS) is 16.6. The average molecular weight is 561 g/mol. The minimum atomic E-state index is 0.138. The first-order valence-corrected chi connectivity index (χ1v) is 14.6. The topological polar surface area (TPSA) is 0 Å². The number of allylic oxidation sites excluding steroid dienone is 9. The van der Waals surface area contributed by atoms with Crippen molar-refractivity contribution in [3.8, 4) is 0 Å². The zero-order valence-electron chi connectivity index (χ0n) is 23.3. The van der Waals surface area contributed by atoms with E-state index in [1.54, 1.807) is 0 Å². The van der Waals surface area contributed by atoms with E-state index in [0.717, 1.165) is 4.48 Å². The molecule has 0 saturated heterocycles. The van der Waals surface area contributed by atoms with E-state index in [1.807, 2.05) is 23.1 Å². The highest BCUT2D eigenvalue weighted by molar-refractivity contribution is 9.11. The highest BCUT2D eigenvalue weighted by Crippen LogP contribution is 2.48. The van der Waals surface area contributed by atoms with Crippen molar-refractivity contribution in [2.75, 3.05) is 0 Å². The molecule has 0 radical (unpaired) electrons. The third kappa shape index (κ3) is 8.64. The molecular weight excluding hydrogens is 516 g/mol. The monoisotopic (exact) mass is 559 g/mol. The molecule has 1 aromatic rings. The van der Waals surface area contributed by atoms with Gasteiger partial charge in [-0.2, -0.15) is 0 Å². The quantitative estimate of drug-likeness (QED) is 0.262. The van der Waals surface area contributed by atoms with Crippen LogP contribution in [0.15, 0.2) is 62.4 Å². The molecule has 2 rings (SSSR count). The van der Waals surface area contributed by atoms with Crippen LogP contribution in [-0.2, 0) is 10.8 Å². The Morgan fingerprint density at radius 1 is 0.735 bits per heavy atom. The Kier molecular flexibility index (Phi) is 9.15. The van der Waals surface area contributed by atoms with Gasteiger partial charge in [-0.15, -0.1) is 0 Å². The molecule has 0 saturated carbocycles. The van der Waals surface area contributed by atoms with Crippen LogP contribution in [0.5, 0.6) is 0 Å². The van der Waals surface area contributed by atoms with Crippen LogP contribution in [0.2, 0.25) is 0 Å². The van der Waals surface area contributed by atoms with Crippen LogP contribution >= 0.6 is 39.0 Å². The van der Waals surface area contributed by atoms with Crippen LogP contribution < -0.4 is 0 Å². The molecule has 0 fully saturated rings. The van der Waals surface area contributed by atoms with Crippen molar-refractivity contribution < 1.29 is 0 Å². The van der Waals surface area contributed by atoms with E-state index in [0.29, 0.717) is 0 Å². The number of halogens is 1. The summed E-state index contributed by atoms with van der Waals surface area (Å²) in [6.45, 7) is 27.5. The summed E-state index contributed by atoms with van der Waals surface area (Å²) < 4.78 is 1.07. The van der Waals surface area contributed by atoms with Gasteiger partial charge in [-0.3, -0.25) is 0 Å². The molecule has 2 heterocycles. The first-order chi connectivity index (χ1) is 15.3. The zero-order valence-corrected chi connectivity index (χ0v) is 26.5. The van der Waals surface area contributed by atoms with Gasteiger partial charge in [0.2, 0.25) is 21.1 Å². The summed E-state index contributed by atoms with van der Waals surface area (Å²) in [5, 5.41) is 0. The SMILES string of the molecule is CC(C)(C)C1=CC(=CC=C(Br)C=Cc2cc(C(C)(C)C)[s+]c(C(C)(C)C)c2)C=C(C(C)(C)C)S1. The largest absolute Gasteiger partial charge is 0.219 e. The van der Waals surface area contributed by atoms with E-state index in [9.17, 15) is 0 Å². The van der Waals surface area contributed by atoms with Crippen molar-refractivity contribution in [3.63, 3.8) is 0 Å². The van der Waals surface area contributed by atoms with Gasteiger partial charge in [0.25, 0.3) is 0 Å². The van der Waals surface area contributed by atoms with Crippen LogP contribution in [0.1, 0.15) is 98.4 Å². The maximum Gasteiger partial charge on any atom is 0.219 e. The van der Waals surface area contributed by atoms with Gasteiger partial charge >= 0.3 is 0 Å². The van der Waals surface area contributed by atoms with Crippen LogP contribution in [0.25, 0.3) is 6.08 Å². The summed E-state index contributed by atoms with van der Waals surface area (Å²) in [6, 6.07) is 4.68. The summed E-state index contributed by atoms with van der Waals surface area (Å²) in [5.74, 6) is 0. The molecule has 0 bridgehead atoms. The minimum absolute atomic E-state index is 0.138. The number of rotatable bonds is 3. The lowest BCUT2D eigenvalue weighted by Gasteiger charge is -2.31. The summed E-state index contributed by atoms with van der Waals surface area (Å²) in [7, 11) is 0. The number of thioether (sulfide) groups is 1. The van der Waals surface area contributed by atoms with Gasteiger partial charge in [-0.1, -0.05) is 123 Å². The van der Waals surface area contributed by atoms with Crippen molar-refractivity contribution in [1.29, 1.82) is 0 Å². The Labute approximate surface area is 226 Å². The van der Waals surface area contributed by atoms with Crippen molar-refractivity contribution in [2.45, 2.75) is 93.9 Å². The lowest BCUT2D eigenvalue weighted by atomic mass is 9.91. The van der Waals surface area contributed by atoms with Gasteiger partial charge in [-0.05, 0) is 56.1 Å². The predicted octanol–water partition coefficient (Wildman–Crippen LogP) is 11.4. The first kappa shape index (κ1) is 29.3. The summed E-state index contributed by atoms with van der Waals surface area (Å²) in [4.78, 5) is 5.67. The van der Waals surface area contributed by atoms with Gasteiger partial charge in [0.15, 0.2) is 0 Å². The molecule has 34 heavy (non-hydrogen) atoms. The lowest BCUT2D eigenvalue weighted by molar-refractivity contribution is 0.521. The van der Waals surface area contributed by atoms with Crippen molar-refractivity contribution in [1.82, 2.24) is 0 Å². The van der Waals surface area contributed by atoms with Crippen LogP contribution in [0.3, 0.4) is 0 Å². The van der Waals surface area contributed by atoms with Crippen LogP contribution in [-0.4, -0.2) is 0 Å². The number of hydrogen-bond donors (Lipinski definition) is 0. The Balaban J connectivity index is 2.40. The van der Waals surface area contributed by atoms with Gasteiger partial charge in [-0.25, -0.2) is 0 Å².